The Balaban J connectivity index is 1.99. The van der Waals surface area contributed by atoms with Crippen molar-refractivity contribution in [2.24, 2.45) is 0 Å². The minimum atomic E-state index is -0.698. The molecule has 0 aromatic heterocycles. The van der Waals surface area contributed by atoms with Crippen LogP contribution in [0.3, 0.4) is 0 Å². The van der Waals surface area contributed by atoms with Gasteiger partial charge in [-0.25, -0.2) is 4.79 Å². The summed E-state index contributed by atoms with van der Waals surface area (Å²) < 4.78 is 26.3. The Morgan fingerprint density at radius 3 is 2.13 bits per heavy atom. The minimum absolute atomic E-state index is 0.136. The first kappa shape index (κ1) is 22.9. The average molecular weight is 417 g/mol. The molecule has 162 valence electrons. The lowest BCUT2D eigenvalue weighted by atomic mass is 10.1. The van der Waals surface area contributed by atoms with E-state index in [9.17, 15) is 9.59 Å². The highest BCUT2D eigenvalue weighted by molar-refractivity contribution is 5.95. The number of nitrogens with zero attached hydrogens (tertiary/aromatic N) is 1. The Bertz CT molecular complexity index is 865. The lowest BCUT2D eigenvalue weighted by Crippen LogP contribution is -2.30. The van der Waals surface area contributed by atoms with Crippen molar-refractivity contribution in [3.8, 4) is 23.0 Å². The molecule has 1 amide bonds. The molecule has 0 aliphatic heterocycles. The van der Waals surface area contributed by atoms with Crippen LogP contribution in [-0.4, -0.2) is 58.4 Å². The maximum Gasteiger partial charge on any atom is 0.342 e. The number of benzene rings is 2. The van der Waals surface area contributed by atoms with E-state index in [0.717, 1.165) is 11.3 Å². The zero-order chi connectivity index (χ0) is 22.1. The van der Waals surface area contributed by atoms with Crippen molar-refractivity contribution in [2.75, 3.05) is 41.6 Å². The first-order chi connectivity index (χ1) is 14.4. The molecule has 0 unspecified atom stereocenters. The van der Waals surface area contributed by atoms with Crippen molar-refractivity contribution in [1.82, 2.24) is 4.90 Å². The zero-order valence-electron chi connectivity index (χ0n) is 17.9. The molecule has 0 fully saturated rings. The van der Waals surface area contributed by atoms with Crippen LogP contribution in [0.1, 0.15) is 22.8 Å². The normalized spacial score (nSPS) is 10.2. The third-order valence-corrected chi connectivity index (χ3v) is 4.33. The SMILES string of the molecule is CCOc1ccc(CN(C)C(=O)COC(=O)c2ccc(OC)c(OC)c2OC)cc1. The molecular weight excluding hydrogens is 390 g/mol. The van der Waals surface area contributed by atoms with Gasteiger partial charge in [0.05, 0.1) is 27.9 Å². The van der Waals surface area contributed by atoms with E-state index in [2.05, 4.69) is 0 Å². The standard InChI is InChI=1S/C22H27NO7/c1-6-29-16-9-7-15(8-10-16)13-23(2)19(24)14-30-22(25)17-11-12-18(26-3)21(28-5)20(17)27-4/h7-12H,6,13-14H2,1-5H3. The molecule has 8 nitrogen and oxygen atoms in total. The second-order valence-electron chi connectivity index (χ2n) is 6.28. The second kappa shape index (κ2) is 10.9. The molecule has 2 aromatic rings. The zero-order valence-corrected chi connectivity index (χ0v) is 17.9. The van der Waals surface area contributed by atoms with Crippen LogP contribution in [0.2, 0.25) is 0 Å². The molecule has 0 bridgehead atoms. The van der Waals surface area contributed by atoms with Crippen molar-refractivity contribution in [3.05, 3.63) is 47.5 Å². The van der Waals surface area contributed by atoms with Crippen LogP contribution < -0.4 is 18.9 Å². The molecule has 8 heteroatoms. The van der Waals surface area contributed by atoms with E-state index in [0.29, 0.717) is 18.9 Å². The first-order valence-corrected chi connectivity index (χ1v) is 9.36. The van der Waals surface area contributed by atoms with Gasteiger partial charge in [-0.15, -0.1) is 0 Å². The number of hydrogen-bond acceptors (Lipinski definition) is 7. The van der Waals surface area contributed by atoms with Crippen LogP contribution in [0, 0.1) is 0 Å². The number of rotatable bonds is 10. The van der Waals surface area contributed by atoms with E-state index < -0.39 is 12.6 Å². The lowest BCUT2D eigenvalue weighted by molar-refractivity contribution is -0.133. The number of ether oxygens (including phenoxy) is 5. The molecular formula is C22H27NO7. The Labute approximate surface area is 176 Å². The molecule has 0 N–H and O–H groups in total. The molecule has 0 aliphatic carbocycles. The van der Waals surface area contributed by atoms with Gasteiger partial charge in [0.1, 0.15) is 11.3 Å². The van der Waals surface area contributed by atoms with Crippen molar-refractivity contribution in [2.45, 2.75) is 13.5 Å². The summed E-state index contributed by atoms with van der Waals surface area (Å²) in [5.41, 5.74) is 1.07. The van der Waals surface area contributed by atoms with Crippen molar-refractivity contribution >= 4 is 11.9 Å². The van der Waals surface area contributed by atoms with Gasteiger partial charge in [-0.1, -0.05) is 12.1 Å². The first-order valence-electron chi connectivity index (χ1n) is 9.36. The maximum absolute atomic E-state index is 12.5. The summed E-state index contributed by atoms with van der Waals surface area (Å²) in [6.07, 6.45) is 0. The van der Waals surface area contributed by atoms with Crippen LogP contribution in [0.15, 0.2) is 36.4 Å². The fourth-order valence-electron chi connectivity index (χ4n) is 2.80. The van der Waals surface area contributed by atoms with Gasteiger partial charge in [0.2, 0.25) is 5.75 Å². The van der Waals surface area contributed by atoms with E-state index in [4.69, 9.17) is 23.7 Å². The second-order valence-corrected chi connectivity index (χ2v) is 6.28. The van der Waals surface area contributed by atoms with Crippen molar-refractivity contribution in [3.63, 3.8) is 0 Å². The highest BCUT2D eigenvalue weighted by Gasteiger charge is 2.23. The average Bonchev–Trinajstić information content (AvgIpc) is 2.77. The summed E-state index contributed by atoms with van der Waals surface area (Å²) in [7, 11) is 5.97. The topological polar surface area (TPSA) is 83.5 Å². The van der Waals surface area contributed by atoms with Gasteiger partial charge in [-0.3, -0.25) is 4.79 Å². The monoisotopic (exact) mass is 417 g/mol. The number of likely N-dealkylation sites (N-methyl/N-ethyl adjacent to an activating group) is 1. The molecule has 0 aliphatic rings. The molecule has 0 heterocycles. The Morgan fingerprint density at radius 1 is 0.900 bits per heavy atom. The predicted octanol–water partition coefficient (Wildman–Crippen LogP) is 2.93. The summed E-state index contributed by atoms with van der Waals surface area (Å²) in [5, 5.41) is 0. The molecule has 0 spiro atoms. The van der Waals surface area contributed by atoms with E-state index in [-0.39, 0.29) is 23.0 Å². The molecule has 0 radical (unpaired) electrons. The highest BCUT2D eigenvalue weighted by atomic mass is 16.5. The number of methoxy groups -OCH3 is 3. The number of esters is 1. The maximum atomic E-state index is 12.5. The Hall–Kier alpha value is -3.42. The van der Waals surface area contributed by atoms with E-state index in [1.165, 1.54) is 32.3 Å². The Morgan fingerprint density at radius 2 is 1.57 bits per heavy atom. The van der Waals surface area contributed by atoms with E-state index in [1.807, 2.05) is 31.2 Å². The number of hydrogen-bond donors (Lipinski definition) is 0. The lowest BCUT2D eigenvalue weighted by Gasteiger charge is -2.18. The van der Waals surface area contributed by atoms with Gasteiger partial charge in [-0.05, 0) is 36.8 Å². The van der Waals surface area contributed by atoms with E-state index >= 15 is 0 Å². The van der Waals surface area contributed by atoms with Crippen LogP contribution in [-0.2, 0) is 16.1 Å². The van der Waals surface area contributed by atoms with Crippen LogP contribution >= 0.6 is 0 Å². The number of carbonyl (C=O) groups excluding carboxylic acids is 2. The van der Waals surface area contributed by atoms with Crippen LogP contribution in [0.5, 0.6) is 23.0 Å². The van der Waals surface area contributed by atoms with Gasteiger partial charge in [0, 0.05) is 13.6 Å². The van der Waals surface area contributed by atoms with Crippen LogP contribution in [0.25, 0.3) is 0 Å². The van der Waals surface area contributed by atoms with Gasteiger partial charge >= 0.3 is 5.97 Å². The fourth-order valence-corrected chi connectivity index (χ4v) is 2.80. The molecule has 0 atom stereocenters. The predicted molar refractivity (Wildman–Crippen MR) is 110 cm³/mol. The summed E-state index contributed by atoms with van der Waals surface area (Å²) in [6, 6.07) is 10.5. The summed E-state index contributed by atoms with van der Waals surface area (Å²) in [4.78, 5) is 26.4. The fraction of sp³-hybridized carbons (Fsp3) is 0.364. The van der Waals surface area contributed by atoms with Crippen LogP contribution in [0.4, 0.5) is 0 Å². The van der Waals surface area contributed by atoms with Gasteiger partial charge in [0.15, 0.2) is 18.1 Å². The number of carbonyl (C=O) groups is 2. The molecule has 2 rings (SSSR count). The Kier molecular flexibility index (Phi) is 8.34. The van der Waals surface area contributed by atoms with Gasteiger partial charge < -0.3 is 28.6 Å². The van der Waals surface area contributed by atoms with Crippen molar-refractivity contribution < 1.29 is 33.3 Å². The molecule has 30 heavy (non-hydrogen) atoms. The molecule has 2 aromatic carbocycles. The largest absolute Gasteiger partial charge is 0.494 e. The van der Waals surface area contributed by atoms with Gasteiger partial charge in [0.25, 0.3) is 5.91 Å². The third-order valence-electron chi connectivity index (χ3n) is 4.33. The van der Waals surface area contributed by atoms with E-state index in [1.54, 1.807) is 13.1 Å². The summed E-state index contributed by atoms with van der Waals surface area (Å²) >= 11 is 0. The molecule has 0 saturated heterocycles. The third kappa shape index (κ3) is 5.56. The smallest absolute Gasteiger partial charge is 0.342 e. The van der Waals surface area contributed by atoms with Gasteiger partial charge in [-0.2, -0.15) is 0 Å². The highest BCUT2D eigenvalue weighted by Crippen LogP contribution is 2.39. The quantitative estimate of drug-likeness (QED) is 0.550. The number of amides is 1. The summed E-state index contributed by atoms with van der Waals surface area (Å²) in [5.74, 6) is 0.600. The summed E-state index contributed by atoms with van der Waals surface area (Å²) in [6.45, 7) is 2.49. The minimum Gasteiger partial charge on any atom is -0.494 e. The van der Waals surface area contributed by atoms with Crippen molar-refractivity contribution in [1.29, 1.82) is 0 Å². The molecule has 0 saturated carbocycles.